The molecule has 0 bridgehead atoms. The van der Waals surface area contributed by atoms with Crippen LogP contribution in [0.2, 0.25) is 5.02 Å². The molecule has 0 fully saturated rings. The molecule has 0 aromatic carbocycles. The zero-order valence-corrected chi connectivity index (χ0v) is 11.5. The number of aromatic nitrogens is 3. The van der Waals surface area contributed by atoms with Gasteiger partial charge in [-0.15, -0.1) is 11.6 Å². The topological polar surface area (TPSA) is 30.7 Å². The van der Waals surface area contributed by atoms with Crippen molar-refractivity contribution in [1.29, 1.82) is 0 Å². The summed E-state index contributed by atoms with van der Waals surface area (Å²) in [6.45, 7) is 0. The van der Waals surface area contributed by atoms with Crippen molar-refractivity contribution in [2.24, 2.45) is 0 Å². The first kappa shape index (κ1) is 16.0. The molecule has 114 valence electrons. The second kappa shape index (κ2) is 5.76. The molecule has 0 unspecified atom stereocenters. The fraction of sp³-hybridized carbons (Fsp3) is 0.273. The molecule has 0 aliphatic carbocycles. The maximum atomic E-state index is 13.0. The van der Waals surface area contributed by atoms with Crippen LogP contribution >= 0.6 is 23.2 Å². The largest absolute Gasteiger partial charge is 0.417 e. The van der Waals surface area contributed by atoms with E-state index in [1.165, 1.54) is 0 Å². The molecule has 0 N–H and O–H groups in total. The molecule has 0 spiro atoms. The first-order valence-electron chi connectivity index (χ1n) is 5.39. The Morgan fingerprint density at radius 2 is 1.90 bits per heavy atom. The summed E-state index contributed by atoms with van der Waals surface area (Å²) in [5.41, 5.74) is -1.59. The van der Waals surface area contributed by atoms with Crippen LogP contribution in [0.25, 0.3) is 5.82 Å². The van der Waals surface area contributed by atoms with Gasteiger partial charge < -0.3 is 0 Å². The van der Waals surface area contributed by atoms with E-state index >= 15 is 0 Å². The van der Waals surface area contributed by atoms with E-state index < -0.39 is 28.9 Å². The van der Waals surface area contributed by atoms with E-state index in [9.17, 15) is 22.0 Å². The van der Waals surface area contributed by atoms with Gasteiger partial charge in [-0.1, -0.05) is 11.6 Å². The number of halogens is 7. The maximum absolute atomic E-state index is 13.0. The minimum absolute atomic E-state index is 0.0458. The number of pyridine rings is 1. The second-order valence-electron chi connectivity index (χ2n) is 3.93. The highest BCUT2D eigenvalue weighted by molar-refractivity contribution is 6.32. The molecule has 2 aromatic rings. The van der Waals surface area contributed by atoms with Crippen LogP contribution in [-0.4, -0.2) is 14.8 Å². The molecule has 0 saturated carbocycles. The summed E-state index contributed by atoms with van der Waals surface area (Å²) in [5.74, 6) is -0.547. The quantitative estimate of drug-likeness (QED) is 0.600. The standard InChI is InChI=1S/C11H6Cl2F5N3/c12-2-5-3-20-21(8(5)9(14)15)10-7(13)1-6(4-19-10)11(16,17)18/h1,3-4,9H,2H2. The predicted molar refractivity (Wildman–Crippen MR) is 65.9 cm³/mol. The number of hydrogen-bond acceptors (Lipinski definition) is 2. The molecule has 10 heteroatoms. The molecule has 0 radical (unpaired) electrons. The van der Waals surface area contributed by atoms with Crippen molar-refractivity contribution >= 4 is 23.2 Å². The van der Waals surface area contributed by atoms with Crippen molar-refractivity contribution in [2.45, 2.75) is 18.5 Å². The fourth-order valence-corrected chi connectivity index (χ4v) is 2.09. The Hall–Kier alpha value is -1.41. The Labute approximate surface area is 125 Å². The zero-order chi connectivity index (χ0) is 15.8. The first-order chi connectivity index (χ1) is 9.75. The summed E-state index contributed by atoms with van der Waals surface area (Å²) in [5, 5.41) is 3.21. The van der Waals surface area contributed by atoms with Gasteiger partial charge in [0.15, 0.2) is 5.82 Å². The van der Waals surface area contributed by atoms with E-state index in [1.54, 1.807) is 0 Å². The SMILES string of the molecule is FC(F)c1c(CCl)cnn1-c1ncc(C(F)(F)F)cc1Cl. The molecule has 3 nitrogen and oxygen atoms in total. The normalized spacial score (nSPS) is 12.2. The Bertz CT molecular complexity index is 654. The summed E-state index contributed by atoms with van der Waals surface area (Å²) in [4.78, 5) is 3.48. The summed E-state index contributed by atoms with van der Waals surface area (Å²) < 4.78 is 64.3. The summed E-state index contributed by atoms with van der Waals surface area (Å²) in [6.07, 6.45) is -5.98. The van der Waals surface area contributed by atoms with Crippen LogP contribution in [0.4, 0.5) is 22.0 Å². The van der Waals surface area contributed by atoms with E-state index in [2.05, 4.69) is 10.1 Å². The van der Waals surface area contributed by atoms with Crippen molar-refractivity contribution in [2.75, 3.05) is 0 Å². The molecule has 0 amide bonds. The van der Waals surface area contributed by atoms with Gasteiger partial charge in [0.2, 0.25) is 0 Å². The minimum Gasteiger partial charge on any atom is -0.235 e. The molecular weight excluding hydrogens is 340 g/mol. The van der Waals surface area contributed by atoms with Crippen molar-refractivity contribution < 1.29 is 22.0 Å². The van der Waals surface area contributed by atoms with Gasteiger partial charge in [-0.05, 0) is 6.07 Å². The third-order valence-electron chi connectivity index (χ3n) is 2.59. The second-order valence-corrected chi connectivity index (χ2v) is 4.60. The lowest BCUT2D eigenvalue weighted by atomic mass is 10.2. The summed E-state index contributed by atoms with van der Waals surface area (Å²) >= 11 is 11.2. The molecule has 2 aromatic heterocycles. The molecule has 2 rings (SSSR count). The van der Waals surface area contributed by atoms with Gasteiger partial charge in [0.25, 0.3) is 6.43 Å². The van der Waals surface area contributed by atoms with Gasteiger partial charge in [0.1, 0.15) is 5.69 Å². The van der Waals surface area contributed by atoms with Crippen LogP contribution in [0.1, 0.15) is 23.2 Å². The molecule has 0 saturated heterocycles. The smallest absolute Gasteiger partial charge is 0.235 e. The fourth-order valence-electron chi connectivity index (χ4n) is 1.64. The van der Waals surface area contributed by atoms with Crippen LogP contribution in [0.15, 0.2) is 18.5 Å². The van der Waals surface area contributed by atoms with Crippen LogP contribution < -0.4 is 0 Å². The Morgan fingerprint density at radius 1 is 1.24 bits per heavy atom. The lowest BCUT2D eigenvalue weighted by Crippen LogP contribution is -2.10. The first-order valence-corrected chi connectivity index (χ1v) is 6.31. The van der Waals surface area contributed by atoms with Crippen LogP contribution in [0, 0.1) is 0 Å². The average molecular weight is 346 g/mol. The molecule has 21 heavy (non-hydrogen) atoms. The van der Waals surface area contributed by atoms with Crippen LogP contribution in [-0.2, 0) is 12.1 Å². The van der Waals surface area contributed by atoms with Gasteiger partial charge in [-0.25, -0.2) is 18.4 Å². The molecule has 0 aliphatic rings. The Kier molecular flexibility index (Phi) is 4.38. The van der Waals surface area contributed by atoms with E-state index in [1.807, 2.05) is 0 Å². The number of rotatable bonds is 3. The monoisotopic (exact) mass is 345 g/mol. The van der Waals surface area contributed by atoms with Gasteiger partial charge in [0, 0.05) is 11.8 Å². The van der Waals surface area contributed by atoms with Crippen molar-refractivity contribution in [3.05, 3.63) is 40.3 Å². The van der Waals surface area contributed by atoms with Gasteiger partial charge in [0.05, 0.1) is 22.7 Å². The van der Waals surface area contributed by atoms with E-state index in [-0.39, 0.29) is 17.3 Å². The highest BCUT2D eigenvalue weighted by atomic mass is 35.5. The number of hydrogen-bond donors (Lipinski definition) is 0. The lowest BCUT2D eigenvalue weighted by molar-refractivity contribution is -0.137. The Balaban J connectivity index is 2.56. The molecule has 2 heterocycles. The maximum Gasteiger partial charge on any atom is 0.417 e. The summed E-state index contributed by atoms with van der Waals surface area (Å²) in [7, 11) is 0. The average Bonchev–Trinajstić information content (AvgIpc) is 2.81. The van der Waals surface area contributed by atoms with Crippen molar-refractivity contribution in [3.63, 3.8) is 0 Å². The predicted octanol–water partition coefficient (Wildman–Crippen LogP) is 4.62. The van der Waals surface area contributed by atoms with Gasteiger partial charge in [-0.3, -0.25) is 0 Å². The van der Waals surface area contributed by atoms with Crippen molar-refractivity contribution in [3.8, 4) is 5.82 Å². The highest BCUT2D eigenvalue weighted by Crippen LogP contribution is 2.33. The molecular formula is C11H6Cl2F5N3. The third-order valence-corrected chi connectivity index (χ3v) is 3.15. The molecule has 0 aliphatic heterocycles. The summed E-state index contributed by atoms with van der Waals surface area (Å²) in [6, 6.07) is 0.598. The Morgan fingerprint density at radius 3 is 2.38 bits per heavy atom. The van der Waals surface area contributed by atoms with Crippen molar-refractivity contribution in [1.82, 2.24) is 14.8 Å². The molecule has 0 atom stereocenters. The highest BCUT2D eigenvalue weighted by Gasteiger charge is 2.32. The minimum atomic E-state index is -4.63. The van der Waals surface area contributed by atoms with Crippen LogP contribution in [0.5, 0.6) is 0 Å². The van der Waals surface area contributed by atoms with Gasteiger partial charge >= 0.3 is 6.18 Å². The van der Waals surface area contributed by atoms with E-state index in [4.69, 9.17) is 23.2 Å². The van der Waals surface area contributed by atoms with E-state index in [0.29, 0.717) is 16.9 Å². The van der Waals surface area contributed by atoms with E-state index in [0.717, 1.165) is 6.20 Å². The zero-order valence-electron chi connectivity index (χ0n) is 10.0. The van der Waals surface area contributed by atoms with Crippen LogP contribution in [0.3, 0.4) is 0 Å². The number of nitrogens with zero attached hydrogens (tertiary/aromatic N) is 3. The number of alkyl halides is 6. The lowest BCUT2D eigenvalue weighted by Gasteiger charge is -2.11. The van der Waals surface area contributed by atoms with Gasteiger partial charge in [-0.2, -0.15) is 18.3 Å². The third kappa shape index (κ3) is 3.11.